The smallest absolute Gasteiger partial charge is 0.333 e. The van der Waals surface area contributed by atoms with Crippen LogP contribution in [0.3, 0.4) is 0 Å². The van der Waals surface area contributed by atoms with Gasteiger partial charge in [0.05, 0.1) is 5.92 Å². The van der Waals surface area contributed by atoms with E-state index < -0.39 is 17.9 Å². The molecule has 0 rings (SSSR count). The van der Waals surface area contributed by atoms with Gasteiger partial charge < -0.3 is 30.4 Å². The highest BCUT2D eigenvalue weighted by Crippen LogP contribution is 2.10. The zero-order valence-corrected chi connectivity index (χ0v) is 24.3. The Morgan fingerprint density at radius 3 is 1.38 bits per heavy atom. The second-order valence-corrected chi connectivity index (χ2v) is 9.19. The molecule has 0 aliphatic heterocycles. The van der Waals surface area contributed by atoms with Crippen molar-refractivity contribution in [2.24, 2.45) is 17.4 Å². The maximum absolute atomic E-state index is 11.6. The van der Waals surface area contributed by atoms with Crippen molar-refractivity contribution in [2.45, 2.75) is 34.1 Å². The SMILES string of the molecule is C=C(C)C(=O)OCCOC(=O)C(=C)C.C=C(C)C(=O)OCCOC(=O)C(C)CCSCCN.NCCS. The first kappa shape index (κ1) is 39.2. The lowest BCUT2D eigenvalue weighted by molar-refractivity contribution is -0.153. The summed E-state index contributed by atoms with van der Waals surface area (Å²) < 4.78 is 19.2. The standard InChI is InChI=1S/C13H23NO4S.C10H14O4.C2H7NS/c1-10(2)12(15)17-6-7-18-13(16)11(3)4-8-19-9-5-14;1-7(2)9(11)13-5-6-14-10(12)8(3)4;3-1-2-4/h11H,1,4-9,14H2,2-3H3;1,3,5-6H2,2,4H3;4H,1-3H2. The molecule has 4 N–H and O–H groups in total. The van der Waals surface area contributed by atoms with Gasteiger partial charge in [-0.05, 0) is 32.9 Å². The number of carbonyl (C=O) groups excluding carboxylic acids is 4. The third kappa shape index (κ3) is 28.1. The zero-order valence-electron chi connectivity index (χ0n) is 22.5. The lowest BCUT2D eigenvalue weighted by Crippen LogP contribution is -2.19. The van der Waals surface area contributed by atoms with E-state index >= 15 is 0 Å². The van der Waals surface area contributed by atoms with Gasteiger partial charge in [0.25, 0.3) is 0 Å². The van der Waals surface area contributed by atoms with Gasteiger partial charge in [-0.1, -0.05) is 26.7 Å². The number of nitrogens with two attached hydrogens (primary N) is 2. The molecule has 1 unspecified atom stereocenters. The van der Waals surface area contributed by atoms with Crippen LogP contribution in [-0.4, -0.2) is 80.7 Å². The van der Waals surface area contributed by atoms with Crippen molar-refractivity contribution < 1.29 is 38.1 Å². The first-order valence-corrected chi connectivity index (χ1v) is 13.4. The number of esters is 4. The predicted octanol–water partition coefficient (Wildman–Crippen LogP) is 2.47. The highest BCUT2D eigenvalue weighted by atomic mass is 32.2. The van der Waals surface area contributed by atoms with Gasteiger partial charge in [0.15, 0.2) is 0 Å². The summed E-state index contributed by atoms with van der Waals surface area (Å²) in [6, 6.07) is 0. The van der Waals surface area contributed by atoms with Crippen LogP contribution in [0.2, 0.25) is 0 Å². The van der Waals surface area contributed by atoms with Crippen LogP contribution in [0.1, 0.15) is 34.1 Å². The summed E-state index contributed by atoms with van der Waals surface area (Å²) in [5.74, 6) is 0.716. The van der Waals surface area contributed by atoms with Crippen LogP contribution in [-0.2, 0) is 38.1 Å². The highest BCUT2D eigenvalue weighted by molar-refractivity contribution is 7.99. The minimum atomic E-state index is -0.489. The maximum Gasteiger partial charge on any atom is 0.333 e. The summed E-state index contributed by atoms with van der Waals surface area (Å²) >= 11 is 5.52. The van der Waals surface area contributed by atoms with Crippen LogP contribution < -0.4 is 11.5 Å². The first-order chi connectivity index (χ1) is 17.3. The van der Waals surface area contributed by atoms with E-state index in [0.717, 1.165) is 23.7 Å². The molecule has 0 heterocycles. The molecule has 0 aromatic rings. The Labute approximate surface area is 230 Å². The fourth-order valence-electron chi connectivity index (χ4n) is 1.62. The normalized spacial score (nSPS) is 10.2. The topological polar surface area (TPSA) is 157 Å². The molecule has 0 amide bonds. The zero-order chi connectivity index (χ0) is 29.2. The van der Waals surface area contributed by atoms with Gasteiger partial charge >= 0.3 is 23.9 Å². The van der Waals surface area contributed by atoms with E-state index in [-0.39, 0.29) is 38.3 Å². The molecule has 37 heavy (non-hydrogen) atoms. The third-order valence-corrected chi connectivity index (χ3v) is 4.95. The van der Waals surface area contributed by atoms with Crippen LogP contribution in [0.25, 0.3) is 0 Å². The largest absolute Gasteiger partial charge is 0.462 e. The van der Waals surface area contributed by atoms with E-state index in [9.17, 15) is 19.2 Å². The first-order valence-electron chi connectivity index (χ1n) is 11.6. The van der Waals surface area contributed by atoms with E-state index in [1.54, 1.807) is 32.5 Å². The van der Waals surface area contributed by atoms with Crippen molar-refractivity contribution in [3.05, 3.63) is 36.5 Å². The van der Waals surface area contributed by atoms with Crippen molar-refractivity contribution in [3.8, 4) is 0 Å². The number of hydrogen-bond acceptors (Lipinski definition) is 12. The van der Waals surface area contributed by atoms with Gasteiger partial charge in [0, 0.05) is 41.3 Å². The van der Waals surface area contributed by atoms with Crippen LogP contribution in [0.5, 0.6) is 0 Å². The molecule has 0 fully saturated rings. The molecule has 0 aliphatic carbocycles. The number of thioether (sulfide) groups is 1. The molecule has 0 radical (unpaired) electrons. The Morgan fingerprint density at radius 1 is 0.730 bits per heavy atom. The van der Waals surface area contributed by atoms with Gasteiger partial charge in [0.1, 0.15) is 26.4 Å². The Morgan fingerprint density at radius 2 is 1.08 bits per heavy atom. The lowest BCUT2D eigenvalue weighted by Gasteiger charge is -2.11. The molecule has 0 saturated heterocycles. The van der Waals surface area contributed by atoms with Crippen molar-refractivity contribution in [2.75, 3.05) is 56.8 Å². The summed E-state index contributed by atoms with van der Waals surface area (Å²) in [6.45, 7) is 18.3. The molecule has 0 spiro atoms. The average molecular weight is 565 g/mol. The minimum absolute atomic E-state index is 0.0325. The average Bonchev–Trinajstić information content (AvgIpc) is 2.86. The Hall–Kier alpha value is -2.28. The Kier molecular flexibility index (Phi) is 28.4. The lowest BCUT2D eigenvalue weighted by atomic mass is 10.1. The predicted molar refractivity (Wildman–Crippen MR) is 151 cm³/mol. The molecule has 214 valence electrons. The van der Waals surface area contributed by atoms with E-state index in [2.05, 4.69) is 41.8 Å². The maximum atomic E-state index is 11.6. The monoisotopic (exact) mass is 564 g/mol. The van der Waals surface area contributed by atoms with Crippen LogP contribution in [0.15, 0.2) is 36.5 Å². The number of hydrogen-bond donors (Lipinski definition) is 3. The van der Waals surface area contributed by atoms with Crippen molar-refractivity contribution in [1.82, 2.24) is 0 Å². The van der Waals surface area contributed by atoms with E-state index in [0.29, 0.717) is 29.8 Å². The molecular formula is C25H44N2O8S2. The van der Waals surface area contributed by atoms with Gasteiger partial charge in [-0.2, -0.15) is 24.4 Å². The van der Waals surface area contributed by atoms with Gasteiger partial charge in [-0.15, -0.1) is 0 Å². The third-order valence-electron chi connectivity index (χ3n) is 3.64. The molecule has 12 heteroatoms. The molecule has 0 saturated carbocycles. The summed E-state index contributed by atoms with van der Waals surface area (Å²) in [4.78, 5) is 44.3. The number of thiol groups is 1. The van der Waals surface area contributed by atoms with E-state index in [4.69, 9.17) is 20.9 Å². The number of rotatable bonds is 16. The van der Waals surface area contributed by atoms with Crippen LogP contribution in [0, 0.1) is 5.92 Å². The van der Waals surface area contributed by atoms with Crippen LogP contribution >= 0.6 is 24.4 Å². The summed E-state index contributed by atoms with van der Waals surface area (Å²) in [7, 11) is 0. The fraction of sp³-hybridized carbons (Fsp3) is 0.600. The van der Waals surface area contributed by atoms with Crippen LogP contribution in [0.4, 0.5) is 0 Å². The number of carbonyl (C=O) groups is 4. The molecule has 0 aliphatic rings. The molecule has 0 aromatic heterocycles. The molecule has 1 atom stereocenters. The summed E-state index contributed by atoms with van der Waals surface area (Å²) in [5, 5.41) is 0. The van der Waals surface area contributed by atoms with Gasteiger partial charge in [0.2, 0.25) is 0 Å². The Balaban J connectivity index is -0.000000563. The molecule has 10 nitrogen and oxygen atoms in total. The summed E-state index contributed by atoms with van der Waals surface area (Å²) in [6.07, 6.45) is 0.759. The second kappa shape index (κ2) is 26.8. The summed E-state index contributed by atoms with van der Waals surface area (Å²) in [5.41, 5.74) is 11.3. The quantitative estimate of drug-likeness (QED) is 0.0831. The van der Waals surface area contributed by atoms with E-state index in [1.165, 1.54) is 0 Å². The van der Waals surface area contributed by atoms with E-state index in [1.807, 2.05) is 6.92 Å². The van der Waals surface area contributed by atoms with Gasteiger partial charge in [-0.25, -0.2) is 14.4 Å². The van der Waals surface area contributed by atoms with Crippen molar-refractivity contribution in [1.29, 1.82) is 0 Å². The molecular weight excluding hydrogens is 520 g/mol. The fourth-order valence-corrected chi connectivity index (χ4v) is 2.51. The minimum Gasteiger partial charge on any atom is -0.462 e. The second-order valence-electron chi connectivity index (χ2n) is 7.52. The van der Waals surface area contributed by atoms with Gasteiger partial charge in [-0.3, -0.25) is 4.79 Å². The molecule has 0 aromatic carbocycles. The number of ether oxygens (including phenoxy) is 4. The highest BCUT2D eigenvalue weighted by Gasteiger charge is 2.14. The van der Waals surface area contributed by atoms with Crippen molar-refractivity contribution >= 4 is 48.3 Å². The molecule has 0 bridgehead atoms. The Bertz CT molecular complexity index is 699. The van der Waals surface area contributed by atoms with Crippen molar-refractivity contribution in [3.63, 3.8) is 0 Å².